The Morgan fingerprint density at radius 2 is 2.05 bits per heavy atom. The maximum absolute atomic E-state index is 10.9. The van der Waals surface area contributed by atoms with Gasteiger partial charge in [0.1, 0.15) is 5.75 Å². The Kier molecular flexibility index (Phi) is 4.39. The van der Waals surface area contributed by atoms with Crippen molar-refractivity contribution < 1.29 is 24.1 Å². The van der Waals surface area contributed by atoms with Crippen LogP contribution in [0, 0.1) is 0 Å². The van der Waals surface area contributed by atoms with Crippen molar-refractivity contribution in [3.8, 4) is 5.75 Å². The number of methoxy groups -OCH3 is 1. The molecule has 0 aromatic heterocycles. The van der Waals surface area contributed by atoms with Crippen molar-refractivity contribution in [2.75, 3.05) is 13.7 Å². The van der Waals surface area contributed by atoms with E-state index in [2.05, 4.69) is 0 Å². The molecule has 0 radical (unpaired) electrons. The third-order valence-corrected chi connectivity index (χ3v) is 3.15. The number of carbonyl (C=O) groups excluding carboxylic acids is 1. The molecule has 2 rings (SSSR count). The van der Waals surface area contributed by atoms with Gasteiger partial charge in [-0.3, -0.25) is 4.79 Å². The summed E-state index contributed by atoms with van der Waals surface area (Å²) in [5.74, 6) is 0.369. The van der Waals surface area contributed by atoms with Gasteiger partial charge >= 0.3 is 5.97 Å². The van der Waals surface area contributed by atoms with Crippen LogP contribution in [0.5, 0.6) is 5.75 Å². The highest BCUT2D eigenvalue weighted by Gasteiger charge is 2.32. The normalized spacial score (nSPS) is 26.8. The van der Waals surface area contributed by atoms with Crippen molar-refractivity contribution in [2.24, 2.45) is 0 Å². The molecule has 1 saturated heterocycles. The van der Waals surface area contributed by atoms with E-state index < -0.39 is 18.2 Å². The summed E-state index contributed by atoms with van der Waals surface area (Å²) in [6, 6.07) is 7.51. The van der Waals surface area contributed by atoms with E-state index in [1.807, 2.05) is 24.3 Å². The average molecular weight is 266 g/mol. The first kappa shape index (κ1) is 13.8. The van der Waals surface area contributed by atoms with Crippen molar-refractivity contribution in [3.63, 3.8) is 0 Å². The van der Waals surface area contributed by atoms with Gasteiger partial charge in [-0.05, 0) is 17.7 Å². The fraction of sp³-hybridized carbons (Fsp3) is 0.500. The van der Waals surface area contributed by atoms with E-state index in [0.717, 1.165) is 11.3 Å². The molecule has 1 heterocycles. The molecule has 104 valence electrons. The number of hydrogen-bond donors (Lipinski definition) is 1. The van der Waals surface area contributed by atoms with Crippen LogP contribution in [0.2, 0.25) is 0 Å². The highest BCUT2D eigenvalue weighted by molar-refractivity contribution is 5.66. The number of ether oxygens (including phenoxy) is 3. The lowest BCUT2D eigenvalue weighted by Crippen LogP contribution is -2.40. The molecule has 0 spiro atoms. The van der Waals surface area contributed by atoms with E-state index in [1.165, 1.54) is 6.92 Å². The van der Waals surface area contributed by atoms with E-state index in [1.54, 1.807) is 7.11 Å². The van der Waals surface area contributed by atoms with E-state index in [4.69, 9.17) is 14.2 Å². The minimum absolute atomic E-state index is 0.187. The van der Waals surface area contributed by atoms with Gasteiger partial charge in [0.15, 0.2) is 6.10 Å². The number of rotatable bonds is 3. The summed E-state index contributed by atoms with van der Waals surface area (Å²) >= 11 is 0. The number of carbonyl (C=O) groups is 1. The van der Waals surface area contributed by atoms with E-state index >= 15 is 0 Å². The molecule has 1 fully saturated rings. The summed E-state index contributed by atoms with van der Waals surface area (Å²) in [5.41, 5.74) is 0.973. The second-order valence-electron chi connectivity index (χ2n) is 4.55. The molecule has 5 nitrogen and oxygen atoms in total. The van der Waals surface area contributed by atoms with Gasteiger partial charge in [0.2, 0.25) is 0 Å². The SMILES string of the molecule is COc1ccc([C@@H]2C[C@@H](O)[C@H](OC(C)=O)CO2)cc1. The van der Waals surface area contributed by atoms with Gasteiger partial charge in [-0.2, -0.15) is 0 Å². The minimum Gasteiger partial charge on any atom is -0.497 e. The van der Waals surface area contributed by atoms with E-state index in [-0.39, 0.29) is 12.7 Å². The van der Waals surface area contributed by atoms with Gasteiger partial charge in [0.05, 0.1) is 25.9 Å². The second kappa shape index (κ2) is 6.04. The fourth-order valence-electron chi connectivity index (χ4n) is 2.14. The molecule has 0 amide bonds. The zero-order valence-corrected chi connectivity index (χ0v) is 11.0. The maximum Gasteiger partial charge on any atom is 0.303 e. The third-order valence-electron chi connectivity index (χ3n) is 3.15. The molecule has 0 unspecified atom stereocenters. The fourth-order valence-corrected chi connectivity index (χ4v) is 2.14. The lowest BCUT2D eigenvalue weighted by Gasteiger charge is -2.32. The number of benzene rings is 1. The highest BCUT2D eigenvalue weighted by atomic mass is 16.6. The van der Waals surface area contributed by atoms with Crippen molar-refractivity contribution in [1.82, 2.24) is 0 Å². The number of aliphatic hydroxyl groups is 1. The summed E-state index contributed by atoms with van der Waals surface area (Å²) < 4.78 is 15.7. The lowest BCUT2D eigenvalue weighted by atomic mass is 9.98. The standard InChI is InChI=1S/C14H18O5/c1-9(15)19-14-8-18-13(7-12(14)16)10-3-5-11(17-2)6-4-10/h3-6,12-14,16H,7-8H2,1-2H3/t12-,13+,14-/m1/s1. The Morgan fingerprint density at radius 3 is 2.58 bits per heavy atom. The van der Waals surface area contributed by atoms with Crippen LogP contribution >= 0.6 is 0 Å². The molecule has 0 saturated carbocycles. The monoisotopic (exact) mass is 266 g/mol. The van der Waals surface area contributed by atoms with Crippen LogP contribution in [0.15, 0.2) is 24.3 Å². The zero-order chi connectivity index (χ0) is 13.8. The van der Waals surface area contributed by atoms with Crippen molar-refractivity contribution in [2.45, 2.75) is 31.7 Å². The lowest BCUT2D eigenvalue weighted by molar-refractivity contribution is -0.173. The van der Waals surface area contributed by atoms with Crippen LogP contribution in [0.1, 0.15) is 25.0 Å². The van der Waals surface area contributed by atoms with Crippen LogP contribution in [-0.2, 0) is 14.3 Å². The molecular weight excluding hydrogens is 248 g/mol. The smallest absolute Gasteiger partial charge is 0.303 e. The molecule has 1 N–H and O–H groups in total. The molecule has 19 heavy (non-hydrogen) atoms. The summed E-state index contributed by atoms with van der Waals surface area (Å²) in [4.78, 5) is 10.9. The van der Waals surface area contributed by atoms with Crippen LogP contribution in [-0.4, -0.2) is 37.0 Å². The third kappa shape index (κ3) is 3.45. The Balaban J connectivity index is 1.98. The van der Waals surface area contributed by atoms with Crippen molar-refractivity contribution >= 4 is 5.97 Å². The Morgan fingerprint density at radius 1 is 1.37 bits per heavy atom. The first-order valence-electron chi connectivity index (χ1n) is 6.21. The number of hydrogen-bond acceptors (Lipinski definition) is 5. The van der Waals surface area contributed by atoms with Gasteiger partial charge in [-0.1, -0.05) is 12.1 Å². The topological polar surface area (TPSA) is 65.0 Å². The zero-order valence-electron chi connectivity index (χ0n) is 11.0. The first-order valence-corrected chi connectivity index (χ1v) is 6.21. The molecule has 1 aliphatic rings. The van der Waals surface area contributed by atoms with Crippen molar-refractivity contribution in [3.05, 3.63) is 29.8 Å². The molecule has 0 bridgehead atoms. The van der Waals surface area contributed by atoms with Crippen molar-refractivity contribution in [1.29, 1.82) is 0 Å². The van der Waals surface area contributed by atoms with Gasteiger partial charge in [-0.15, -0.1) is 0 Å². The molecule has 0 aliphatic carbocycles. The summed E-state index contributed by atoms with van der Waals surface area (Å²) in [6.45, 7) is 1.53. The molecule has 3 atom stereocenters. The van der Waals surface area contributed by atoms with E-state index in [9.17, 15) is 9.90 Å². The number of aliphatic hydroxyl groups excluding tert-OH is 1. The first-order chi connectivity index (χ1) is 9.10. The van der Waals surface area contributed by atoms with Gasteiger partial charge in [0.25, 0.3) is 0 Å². The summed E-state index contributed by atoms with van der Waals surface area (Å²) in [6.07, 6.45) is -1.06. The average Bonchev–Trinajstić information content (AvgIpc) is 2.41. The Hall–Kier alpha value is -1.59. The van der Waals surface area contributed by atoms with Crippen LogP contribution in [0.4, 0.5) is 0 Å². The van der Waals surface area contributed by atoms with Crippen LogP contribution < -0.4 is 4.74 Å². The predicted octanol–water partition coefficient (Wildman–Crippen LogP) is 1.45. The summed E-state index contributed by atoms with van der Waals surface area (Å²) in [7, 11) is 1.61. The molecular formula is C14H18O5. The second-order valence-corrected chi connectivity index (χ2v) is 4.55. The molecule has 5 heteroatoms. The molecule has 1 aromatic carbocycles. The number of esters is 1. The largest absolute Gasteiger partial charge is 0.497 e. The van der Waals surface area contributed by atoms with E-state index in [0.29, 0.717) is 6.42 Å². The molecule has 1 aliphatic heterocycles. The van der Waals surface area contributed by atoms with Gasteiger partial charge < -0.3 is 19.3 Å². The summed E-state index contributed by atoms with van der Waals surface area (Å²) in [5, 5.41) is 9.97. The van der Waals surface area contributed by atoms with Gasteiger partial charge in [0, 0.05) is 13.3 Å². The quantitative estimate of drug-likeness (QED) is 0.839. The highest BCUT2D eigenvalue weighted by Crippen LogP contribution is 2.30. The maximum atomic E-state index is 10.9. The minimum atomic E-state index is -0.704. The Labute approximate surface area is 112 Å². The Bertz CT molecular complexity index is 428. The molecule has 1 aromatic rings. The van der Waals surface area contributed by atoms with Crippen LogP contribution in [0.25, 0.3) is 0 Å². The predicted molar refractivity (Wildman–Crippen MR) is 67.9 cm³/mol. The van der Waals surface area contributed by atoms with Gasteiger partial charge in [-0.25, -0.2) is 0 Å². The van der Waals surface area contributed by atoms with Crippen LogP contribution in [0.3, 0.4) is 0 Å².